The van der Waals surface area contributed by atoms with Crippen LogP contribution in [0.15, 0.2) is 40.9 Å². The summed E-state index contributed by atoms with van der Waals surface area (Å²) in [6.07, 6.45) is 0. The van der Waals surface area contributed by atoms with Crippen molar-refractivity contribution < 1.29 is 9.47 Å². The fourth-order valence-corrected chi connectivity index (χ4v) is 2.99. The van der Waals surface area contributed by atoms with E-state index < -0.39 is 0 Å². The van der Waals surface area contributed by atoms with E-state index >= 15 is 0 Å². The minimum absolute atomic E-state index is 0.246. The van der Waals surface area contributed by atoms with Crippen LogP contribution >= 0.6 is 27.5 Å². The van der Waals surface area contributed by atoms with Gasteiger partial charge in [-0.25, -0.2) is 0 Å². The predicted molar refractivity (Wildman–Crippen MR) is 86.1 cm³/mol. The van der Waals surface area contributed by atoms with E-state index in [1.165, 1.54) is 5.56 Å². The molecule has 0 saturated carbocycles. The van der Waals surface area contributed by atoms with Gasteiger partial charge >= 0.3 is 0 Å². The van der Waals surface area contributed by atoms with Crippen molar-refractivity contribution in [2.45, 2.75) is 12.3 Å². The molecule has 4 heteroatoms. The van der Waals surface area contributed by atoms with E-state index in [4.69, 9.17) is 21.1 Å². The molecule has 0 radical (unpaired) electrons. The first-order valence-electron chi connectivity index (χ1n) is 6.19. The van der Waals surface area contributed by atoms with Crippen LogP contribution in [0.3, 0.4) is 0 Å². The van der Waals surface area contributed by atoms with Gasteiger partial charge in [-0.1, -0.05) is 45.8 Å². The molecule has 0 N–H and O–H groups in total. The van der Waals surface area contributed by atoms with Gasteiger partial charge in [0.05, 0.1) is 19.6 Å². The second-order valence-corrected chi connectivity index (χ2v) is 5.79. The largest absolute Gasteiger partial charge is 0.493 e. The summed E-state index contributed by atoms with van der Waals surface area (Å²) in [6.45, 7) is 2.05. The molecule has 2 aromatic carbocycles. The number of ether oxygens (including phenoxy) is 2. The molecule has 1 unspecified atom stereocenters. The molecule has 1 atom stereocenters. The van der Waals surface area contributed by atoms with Gasteiger partial charge in [-0.2, -0.15) is 0 Å². The van der Waals surface area contributed by atoms with E-state index in [2.05, 4.69) is 35.0 Å². The summed E-state index contributed by atoms with van der Waals surface area (Å²) >= 11 is 10.1. The zero-order valence-corrected chi connectivity index (χ0v) is 14.0. The average Bonchev–Trinajstić information content (AvgIpc) is 2.47. The molecule has 0 aromatic heterocycles. The van der Waals surface area contributed by atoms with Crippen molar-refractivity contribution in [1.29, 1.82) is 0 Å². The molecule has 2 rings (SSSR count). The van der Waals surface area contributed by atoms with Crippen molar-refractivity contribution in [3.05, 3.63) is 57.6 Å². The molecular weight excluding hydrogens is 340 g/mol. The third-order valence-corrected chi connectivity index (χ3v) is 4.32. The van der Waals surface area contributed by atoms with Gasteiger partial charge in [0.15, 0.2) is 11.5 Å². The van der Waals surface area contributed by atoms with E-state index in [-0.39, 0.29) is 5.38 Å². The summed E-state index contributed by atoms with van der Waals surface area (Å²) < 4.78 is 11.5. The molecule has 0 aliphatic carbocycles. The zero-order chi connectivity index (χ0) is 14.7. The number of halogens is 2. The van der Waals surface area contributed by atoms with Crippen molar-refractivity contribution in [2.75, 3.05) is 14.2 Å². The molecular formula is C16H16BrClO2. The molecule has 20 heavy (non-hydrogen) atoms. The first-order valence-corrected chi connectivity index (χ1v) is 7.41. The summed E-state index contributed by atoms with van der Waals surface area (Å²) in [4.78, 5) is 0. The van der Waals surface area contributed by atoms with E-state index in [9.17, 15) is 0 Å². The third kappa shape index (κ3) is 3.10. The van der Waals surface area contributed by atoms with Gasteiger partial charge in [0.2, 0.25) is 0 Å². The van der Waals surface area contributed by atoms with Crippen LogP contribution < -0.4 is 9.47 Å². The second-order valence-electron chi connectivity index (χ2n) is 4.50. The Morgan fingerprint density at radius 1 is 1.00 bits per heavy atom. The Kier molecular flexibility index (Phi) is 4.95. The molecule has 106 valence electrons. The first kappa shape index (κ1) is 15.2. The Morgan fingerprint density at radius 2 is 1.55 bits per heavy atom. The van der Waals surface area contributed by atoms with Gasteiger partial charge in [0.1, 0.15) is 0 Å². The van der Waals surface area contributed by atoms with Gasteiger partial charge < -0.3 is 9.47 Å². The van der Waals surface area contributed by atoms with Crippen molar-refractivity contribution >= 4 is 27.5 Å². The fourth-order valence-electron chi connectivity index (χ4n) is 1.98. The van der Waals surface area contributed by atoms with Crippen molar-refractivity contribution in [3.63, 3.8) is 0 Å². The van der Waals surface area contributed by atoms with E-state index in [1.54, 1.807) is 14.2 Å². The lowest BCUT2D eigenvalue weighted by Crippen LogP contribution is -1.98. The van der Waals surface area contributed by atoms with Crippen molar-refractivity contribution in [2.24, 2.45) is 0 Å². The summed E-state index contributed by atoms with van der Waals surface area (Å²) in [6, 6.07) is 12.0. The molecule has 0 aliphatic rings. The smallest absolute Gasteiger partial charge is 0.161 e. The minimum Gasteiger partial charge on any atom is -0.493 e. The third-order valence-electron chi connectivity index (χ3n) is 3.15. The highest BCUT2D eigenvalue weighted by Crippen LogP contribution is 2.40. The lowest BCUT2D eigenvalue weighted by atomic mass is 10.0. The first-order chi connectivity index (χ1) is 9.56. The minimum atomic E-state index is -0.246. The Balaban J connectivity index is 2.43. The molecule has 0 fully saturated rings. The van der Waals surface area contributed by atoms with Crippen LogP contribution in [0.5, 0.6) is 11.5 Å². The maximum atomic E-state index is 6.59. The van der Waals surface area contributed by atoms with Crippen LogP contribution in [-0.4, -0.2) is 14.2 Å². The quantitative estimate of drug-likeness (QED) is 0.710. The monoisotopic (exact) mass is 354 g/mol. The molecule has 0 spiro atoms. The van der Waals surface area contributed by atoms with Crippen LogP contribution in [0.2, 0.25) is 0 Å². The molecule has 0 heterocycles. The van der Waals surface area contributed by atoms with Gasteiger partial charge in [-0.3, -0.25) is 0 Å². The topological polar surface area (TPSA) is 18.5 Å². The predicted octanol–water partition coefficient (Wildman–Crippen LogP) is 5.10. The van der Waals surface area contributed by atoms with Crippen LogP contribution in [-0.2, 0) is 0 Å². The van der Waals surface area contributed by atoms with Gasteiger partial charge in [-0.05, 0) is 30.2 Å². The van der Waals surface area contributed by atoms with E-state index in [0.717, 1.165) is 15.6 Å². The number of aryl methyl sites for hydroxylation is 1. The standard InChI is InChI=1S/C16H16BrClO2/c1-10-4-6-11(7-5-10)16(18)12-8-14(19-2)15(20-3)9-13(12)17/h4-9,16H,1-3H3. The highest BCUT2D eigenvalue weighted by Gasteiger charge is 2.17. The highest BCUT2D eigenvalue weighted by molar-refractivity contribution is 9.10. The Hall–Kier alpha value is -1.19. The average molecular weight is 356 g/mol. The second kappa shape index (κ2) is 6.51. The van der Waals surface area contributed by atoms with Gasteiger partial charge in [0, 0.05) is 4.47 Å². The number of methoxy groups -OCH3 is 2. The van der Waals surface area contributed by atoms with Crippen molar-refractivity contribution in [3.8, 4) is 11.5 Å². The summed E-state index contributed by atoms with van der Waals surface area (Å²) in [5.41, 5.74) is 3.21. The fraction of sp³-hybridized carbons (Fsp3) is 0.250. The normalized spacial score (nSPS) is 12.1. The van der Waals surface area contributed by atoms with Crippen LogP contribution in [0, 0.1) is 6.92 Å². The zero-order valence-electron chi connectivity index (χ0n) is 11.6. The molecule has 0 saturated heterocycles. The number of rotatable bonds is 4. The Labute approximate surface area is 132 Å². The molecule has 2 aromatic rings. The molecule has 2 nitrogen and oxygen atoms in total. The van der Waals surface area contributed by atoms with Crippen molar-refractivity contribution in [1.82, 2.24) is 0 Å². The van der Waals surface area contributed by atoms with Crippen LogP contribution in [0.4, 0.5) is 0 Å². The Bertz CT molecular complexity index is 596. The lowest BCUT2D eigenvalue weighted by Gasteiger charge is -2.16. The molecule has 0 aliphatic heterocycles. The maximum Gasteiger partial charge on any atom is 0.161 e. The number of benzene rings is 2. The Morgan fingerprint density at radius 3 is 2.10 bits per heavy atom. The van der Waals surface area contributed by atoms with E-state index in [1.807, 2.05) is 24.3 Å². The van der Waals surface area contributed by atoms with Crippen LogP contribution in [0.1, 0.15) is 22.1 Å². The number of alkyl halides is 1. The summed E-state index contributed by atoms with van der Waals surface area (Å²) in [5, 5.41) is -0.246. The highest BCUT2D eigenvalue weighted by atomic mass is 79.9. The molecule has 0 amide bonds. The maximum absolute atomic E-state index is 6.59. The number of hydrogen-bond acceptors (Lipinski definition) is 2. The van der Waals surface area contributed by atoms with Gasteiger partial charge in [-0.15, -0.1) is 11.6 Å². The number of hydrogen-bond donors (Lipinski definition) is 0. The van der Waals surface area contributed by atoms with Gasteiger partial charge in [0.25, 0.3) is 0 Å². The summed E-state index contributed by atoms with van der Waals surface area (Å²) in [5.74, 6) is 1.35. The molecule has 0 bridgehead atoms. The SMILES string of the molecule is COc1cc(Br)c(C(Cl)c2ccc(C)cc2)cc1OC. The lowest BCUT2D eigenvalue weighted by molar-refractivity contribution is 0.354. The van der Waals surface area contributed by atoms with E-state index in [0.29, 0.717) is 11.5 Å². The summed E-state index contributed by atoms with van der Waals surface area (Å²) in [7, 11) is 3.23. The van der Waals surface area contributed by atoms with Crippen LogP contribution in [0.25, 0.3) is 0 Å².